The summed E-state index contributed by atoms with van der Waals surface area (Å²) in [5.74, 6) is 1.19. The fourth-order valence-electron chi connectivity index (χ4n) is 1.64. The Bertz CT molecular complexity index is 595. The maximum atomic E-state index is 5.96. The minimum Gasteiger partial charge on any atom is -0.475 e. The number of aromatic nitrogens is 2. The predicted molar refractivity (Wildman–Crippen MR) is 82.3 cm³/mol. The van der Waals surface area contributed by atoms with Crippen molar-refractivity contribution in [2.75, 3.05) is 33.1 Å². The summed E-state index contributed by atoms with van der Waals surface area (Å²) in [4.78, 5) is 11.0. The van der Waals surface area contributed by atoms with E-state index in [1.807, 2.05) is 38.4 Å². The van der Waals surface area contributed by atoms with Gasteiger partial charge in [-0.05, 0) is 40.1 Å². The zero-order valence-electron chi connectivity index (χ0n) is 12.8. The fraction of sp³-hybridized carbons (Fsp3) is 0.467. The number of hydrogen-bond acceptors (Lipinski definition) is 5. The van der Waals surface area contributed by atoms with Gasteiger partial charge in [-0.3, -0.25) is 0 Å². The average molecular weight is 274 g/mol. The molecule has 1 aromatic carbocycles. The number of nitrogens with one attached hydrogen (secondary N) is 1. The van der Waals surface area contributed by atoms with E-state index in [2.05, 4.69) is 34.0 Å². The smallest absolute Gasteiger partial charge is 0.226 e. The first-order valence-electron chi connectivity index (χ1n) is 6.69. The number of benzene rings is 1. The Morgan fingerprint density at radius 1 is 1.20 bits per heavy atom. The second-order valence-corrected chi connectivity index (χ2v) is 5.62. The third kappa shape index (κ3) is 2.99. The normalized spacial score (nSPS) is 11.9. The molecular weight excluding hydrogens is 252 g/mol. The topological polar surface area (TPSA) is 50.3 Å². The number of ether oxygens (including phenoxy) is 1. The fourth-order valence-corrected chi connectivity index (χ4v) is 1.64. The summed E-state index contributed by atoms with van der Waals surface area (Å²) in [7, 11) is 5.89. The monoisotopic (exact) mass is 274 g/mol. The maximum Gasteiger partial charge on any atom is 0.226 e. The van der Waals surface area contributed by atoms with Gasteiger partial charge in [0.05, 0.1) is 10.9 Å². The predicted octanol–water partition coefficient (Wildman–Crippen LogP) is 2.39. The Balaban J connectivity index is 2.33. The lowest BCUT2D eigenvalue weighted by Crippen LogP contribution is -2.43. The molecule has 0 bridgehead atoms. The molecule has 0 atom stereocenters. The second kappa shape index (κ2) is 5.63. The van der Waals surface area contributed by atoms with Crippen LogP contribution in [0.1, 0.15) is 13.8 Å². The molecule has 1 aromatic heterocycles. The highest BCUT2D eigenvalue weighted by Gasteiger charge is 2.22. The molecule has 5 heteroatoms. The van der Waals surface area contributed by atoms with Gasteiger partial charge in [-0.1, -0.05) is 12.1 Å². The van der Waals surface area contributed by atoms with Crippen molar-refractivity contribution >= 4 is 16.9 Å². The molecule has 0 amide bonds. The van der Waals surface area contributed by atoms with E-state index in [4.69, 9.17) is 4.74 Å². The van der Waals surface area contributed by atoms with E-state index in [9.17, 15) is 0 Å². The molecule has 2 aromatic rings. The van der Waals surface area contributed by atoms with Crippen molar-refractivity contribution in [1.82, 2.24) is 14.9 Å². The summed E-state index contributed by atoms with van der Waals surface area (Å²) in [6, 6.07) is 7.87. The number of hydrogen-bond donors (Lipinski definition) is 1. The third-order valence-electron chi connectivity index (χ3n) is 3.56. The molecule has 1 heterocycles. The molecule has 1 N–H and O–H groups in total. The molecule has 0 aliphatic heterocycles. The minimum absolute atomic E-state index is 0.0636. The van der Waals surface area contributed by atoms with E-state index in [0.717, 1.165) is 10.9 Å². The van der Waals surface area contributed by atoms with Gasteiger partial charge in [-0.25, -0.2) is 4.98 Å². The van der Waals surface area contributed by atoms with Gasteiger partial charge in [-0.2, -0.15) is 4.98 Å². The number of nitrogens with zero attached hydrogens (tertiary/aromatic N) is 3. The van der Waals surface area contributed by atoms with Gasteiger partial charge >= 0.3 is 0 Å². The molecule has 20 heavy (non-hydrogen) atoms. The zero-order valence-corrected chi connectivity index (χ0v) is 12.8. The van der Waals surface area contributed by atoms with E-state index < -0.39 is 0 Å². The summed E-state index contributed by atoms with van der Waals surface area (Å²) < 4.78 is 5.96. The van der Waals surface area contributed by atoms with E-state index >= 15 is 0 Å². The van der Waals surface area contributed by atoms with Gasteiger partial charge in [0.15, 0.2) is 0 Å². The Morgan fingerprint density at radius 2 is 1.90 bits per heavy atom. The number of fused-ring (bicyclic) bond motifs is 1. The van der Waals surface area contributed by atoms with Crippen LogP contribution in [0.25, 0.3) is 10.9 Å². The summed E-state index contributed by atoms with van der Waals surface area (Å²) in [5, 5.41) is 3.90. The van der Waals surface area contributed by atoms with Crippen LogP contribution in [0.3, 0.4) is 0 Å². The summed E-state index contributed by atoms with van der Waals surface area (Å²) in [6.45, 7) is 4.83. The highest BCUT2D eigenvalue weighted by Crippen LogP contribution is 2.25. The number of para-hydroxylation sites is 1. The van der Waals surface area contributed by atoms with Crippen molar-refractivity contribution in [3.63, 3.8) is 0 Å². The third-order valence-corrected chi connectivity index (χ3v) is 3.56. The highest BCUT2D eigenvalue weighted by molar-refractivity contribution is 5.84. The minimum atomic E-state index is -0.0636. The van der Waals surface area contributed by atoms with E-state index in [-0.39, 0.29) is 5.54 Å². The van der Waals surface area contributed by atoms with Crippen LogP contribution in [-0.4, -0.2) is 48.2 Å². The first kappa shape index (κ1) is 14.5. The quantitative estimate of drug-likeness (QED) is 0.907. The molecule has 0 aliphatic rings. The Morgan fingerprint density at radius 3 is 2.55 bits per heavy atom. The highest BCUT2D eigenvalue weighted by atomic mass is 16.5. The van der Waals surface area contributed by atoms with Crippen molar-refractivity contribution in [3.8, 4) is 5.88 Å². The first-order valence-corrected chi connectivity index (χ1v) is 6.69. The van der Waals surface area contributed by atoms with Crippen LogP contribution in [0.15, 0.2) is 24.3 Å². The van der Waals surface area contributed by atoms with Gasteiger partial charge < -0.3 is 15.0 Å². The number of anilines is 1. The van der Waals surface area contributed by atoms with Crippen LogP contribution >= 0.6 is 0 Å². The van der Waals surface area contributed by atoms with Crippen LogP contribution in [0.5, 0.6) is 5.88 Å². The van der Waals surface area contributed by atoms with Crippen molar-refractivity contribution in [1.29, 1.82) is 0 Å². The number of likely N-dealkylation sites (N-methyl/N-ethyl adjacent to an activating group) is 1. The van der Waals surface area contributed by atoms with Crippen LogP contribution in [-0.2, 0) is 0 Å². The molecule has 108 valence electrons. The van der Waals surface area contributed by atoms with Crippen LogP contribution in [0.4, 0.5) is 5.95 Å². The molecule has 0 saturated carbocycles. The van der Waals surface area contributed by atoms with Gasteiger partial charge in [0.25, 0.3) is 0 Å². The van der Waals surface area contributed by atoms with E-state index in [1.165, 1.54) is 0 Å². The zero-order chi connectivity index (χ0) is 14.8. The summed E-state index contributed by atoms with van der Waals surface area (Å²) in [5.41, 5.74) is 0.816. The lowest BCUT2D eigenvalue weighted by atomic mass is 10.1. The van der Waals surface area contributed by atoms with Crippen LogP contribution in [0, 0.1) is 0 Å². The Kier molecular flexibility index (Phi) is 4.09. The molecule has 2 rings (SSSR count). The lowest BCUT2D eigenvalue weighted by molar-refractivity contribution is 0.112. The van der Waals surface area contributed by atoms with Gasteiger partial charge in [0.2, 0.25) is 11.8 Å². The first-order chi connectivity index (χ1) is 9.44. The Labute approximate surface area is 120 Å². The van der Waals surface area contributed by atoms with Gasteiger partial charge in [-0.15, -0.1) is 0 Å². The summed E-state index contributed by atoms with van der Waals surface area (Å²) >= 11 is 0. The lowest BCUT2D eigenvalue weighted by Gasteiger charge is -2.32. The SMILES string of the molecule is CNc1nc(OCC(C)(C)N(C)C)c2ccccc2n1. The van der Waals surface area contributed by atoms with Crippen LogP contribution in [0.2, 0.25) is 0 Å². The van der Waals surface area contributed by atoms with Crippen molar-refractivity contribution in [2.45, 2.75) is 19.4 Å². The summed E-state index contributed by atoms with van der Waals surface area (Å²) in [6.07, 6.45) is 0. The molecule has 5 nitrogen and oxygen atoms in total. The van der Waals surface area contributed by atoms with E-state index in [0.29, 0.717) is 18.4 Å². The van der Waals surface area contributed by atoms with Gasteiger partial charge in [0.1, 0.15) is 6.61 Å². The Hall–Kier alpha value is -1.88. The molecule has 0 fully saturated rings. The molecule has 0 saturated heterocycles. The average Bonchev–Trinajstić information content (AvgIpc) is 2.44. The van der Waals surface area contributed by atoms with Gasteiger partial charge in [0, 0.05) is 12.6 Å². The largest absolute Gasteiger partial charge is 0.475 e. The maximum absolute atomic E-state index is 5.96. The number of rotatable bonds is 5. The standard InChI is InChI=1S/C15H22N4O/c1-15(2,19(4)5)10-20-13-11-8-6-7-9-12(11)17-14(16-3)18-13/h6-9H,10H2,1-5H3,(H,16,17,18). The van der Waals surface area contributed by atoms with Crippen LogP contribution < -0.4 is 10.1 Å². The van der Waals surface area contributed by atoms with Crippen molar-refractivity contribution in [2.24, 2.45) is 0 Å². The van der Waals surface area contributed by atoms with Crippen molar-refractivity contribution in [3.05, 3.63) is 24.3 Å². The molecule has 0 radical (unpaired) electrons. The molecule has 0 spiro atoms. The molecular formula is C15H22N4O. The van der Waals surface area contributed by atoms with Crippen molar-refractivity contribution < 1.29 is 4.74 Å². The second-order valence-electron chi connectivity index (χ2n) is 5.62. The van der Waals surface area contributed by atoms with E-state index in [1.54, 1.807) is 7.05 Å². The molecule has 0 unspecified atom stereocenters. The molecule has 0 aliphatic carbocycles.